The van der Waals surface area contributed by atoms with Crippen molar-refractivity contribution in [3.8, 4) is 0 Å². The monoisotopic (exact) mass is 459 g/mol. The van der Waals surface area contributed by atoms with Gasteiger partial charge in [0.15, 0.2) is 0 Å². The van der Waals surface area contributed by atoms with Crippen LogP contribution in [0.4, 0.5) is 0 Å². The molecule has 0 heterocycles. The average molecular weight is 459 g/mol. The van der Waals surface area contributed by atoms with E-state index in [9.17, 15) is 0 Å². The van der Waals surface area contributed by atoms with E-state index in [-0.39, 0.29) is 14.9 Å². The van der Waals surface area contributed by atoms with Crippen LogP contribution in [0, 0.1) is 16.2 Å². The highest BCUT2D eigenvalue weighted by atomic mass is 14.1. The molecule has 0 amide bonds. The van der Waals surface area contributed by atoms with Crippen LogP contribution in [0.3, 0.4) is 0 Å². The Hall–Kier alpha value is 0. The van der Waals surface area contributed by atoms with Crippen molar-refractivity contribution in [1.82, 2.24) is 0 Å². The van der Waals surface area contributed by atoms with E-state index in [1.165, 1.54) is 96.3 Å². The van der Waals surface area contributed by atoms with Gasteiger partial charge in [0.25, 0.3) is 0 Å². The predicted octanol–water partition coefficient (Wildman–Crippen LogP) is 13.3. The standard InChI is InChI=1S/2C11H24.C8H18.2CH4/c2*1-5-6-7-8-9-10-11(2,3)4;1-5-6-7-8(2,3)4;;/h2*5-10H2,1-4H3;5-7H2,1-4H3;2*1H4. The van der Waals surface area contributed by atoms with E-state index < -0.39 is 0 Å². The first kappa shape index (κ1) is 42.2. The molecule has 0 aliphatic rings. The molecular formula is C32H74. The van der Waals surface area contributed by atoms with Crippen LogP contribution in [-0.2, 0) is 0 Å². The quantitative estimate of drug-likeness (QED) is 0.255. The summed E-state index contributed by atoms with van der Waals surface area (Å²) >= 11 is 0. The summed E-state index contributed by atoms with van der Waals surface area (Å²) in [5.74, 6) is 0. The molecule has 0 aromatic heterocycles. The molecule has 0 bridgehead atoms. The van der Waals surface area contributed by atoms with Crippen molar-refractivity contribution >= 4 is 0 Å². The van der Waals surface area contributed by atoms with Crippen molar-refractivity contribution in [2.45, 2.75) is 194 Å². The van der Waals surface area contributed by atoms with Gasteiger partial charge in [-0.1, -0.05) is 175 Å². The molecule has 0 atom stereocenters. The molecule has 0 aliphatic heterocycles. The van der Waals surface area contributed by atoms with Gasteiger partial charge in [-0.15, -0.1) is 0 Å². The predicted molar refractivity (Wildman–Crippen MR) is 158 cm³/mol. The van der Waals surface area contributed by atoms with Crippen LogP contribution in [-0.4, -0.2) is 0 Å². The zero-order valence-corrected chi connectivity index (χ0v) is 24.1. The Morgan fingerprint density at radius 2 is 0.531 bits per heavy atom. The summed E-state index contributed by atoms with van der Waals surface area (Å²) in [5, 5.41) is 0. The lowest BCUT2D eigenvalue weighted by molar-refractivity contribution is 0.356. The Morgan fingerprint density at radius 3 is 0.719 bits per heavy atom. The topological polar surface area (TPSA) is 0 Å². The van der Waals surface area contributed by atoms with E-state index in [0.29, 0.717) is 16.2 Å². The molecule has 0 fully saturated rings. The van der Waals surface area contributed by atoms with Gasteiger partial charge in [0.1, 0.15) is 0 Å². The first-order valence-corrected chi connectivity index (χ1v) is 13.7. The molecule has 0 nitrogen and oxygen atoms in total. The highest BCUT2D eigenvalue weighted by Crippen LogP contribution is 2.23. The van der Waals surface area contributed by atoms with E-state index >= 15 is 0 Å². The van der Waals surface area contributed by atoms with Gasteiger partial charge in [-0.25, -0.2) is 0 Å². The minimum Gasteiger partial charge on any atom is -0.0776 e. The first-order chi connectivity index (χ1) is 13.7. The Balaban J connectivity index is -0.000000112. The zero-order valence-electron chi connectivity index (χ0n) is 24.1. The molecule has 0 aromatic carbocycles. The number of rotatable bonds is 12. The van der Waals surface area contributed by atoms with Crippen molar-refractivity contribution in [1.29, 1.82) is 0 Å². The lowest BCUT2D eigenvalue weighted by Crippen LogP contribution is -2.03. The largest absolute Gasteiger partial charge is 0.0776 e. The lowest BCUT2D eigenvalue weighted by atomic mass is 9.89. The number of hydrogen-bond donors (Lipinski definition) is 0. The van der Waals surface area contributed by atoms with Crippen LogP contribution in [0.25, 0.3) is 0 Å². The third-order valence-electron chi connectivity index (χ3n) is 5.34. The molecular weight excluding hydrogens is 384 g/mol. The number of unbranched alkanes of at least 4 members (excludes halogenated alkanes) is 9. The fourth-order valence-corrected chi connectivity index (χ4v) is 3.22. The van der Waals surface area contributed by atoms with Gasteiger partial charge in [0.05, 0.1) is 0 Å². The fourth-order valence-electron chi connectivity index (χ4n) is 3.22. The summed E-state index contributed by atoms with van der Waals surface area (Å²) in [6.45, 7) is 27.6. The second-order valence-corrected chi connectivity index (χ2v) is 13.1. The molecule has 0 heteroatoms. The highest BCUT2D eigenvalue weighted by molar-refractivity contribution is 4.61. The molecule has 0 radical (unpaired) electrons. The molecule has 0 rings (SSSR count). The normalized spacial score (nSPS) is 11.2. The van der Waals surface area contributed by atoms with Crippen LogP contribution in [0.1, 0.15) is 194 Å². The lowest BCUT2D eigenvalue weighted by Gasteiger charge is -2.17. The summed E-state index contributed by atoms with van der Waals surface area (Å²) in [7, 11) is 0. The molecule has 0 aliphatic carbocycles. The van der Waals surface area contributed by atoms with E-state index in [4.69, 9.17) is 0 Å². The van der Waals surface area contributed by atoms with Crippen molar-refractivity contribution in [2.24, 2.45) is 16.2 Å². The van der Waals surface area contributed by atoms with Crippen LogP contribution >= 0.6 is 0 Å². The van der Waals surface area contributed by atoms with Crippen molar-refractivity contribution in [2.75, 3.05) is 0 Å². The minimum atomic E-state index is 0. The summed E-state index contributed by atoms with van der Waals surface area (Å²) in [6.07, 6.45) is 21.0. The van der Waals surface area contributed by atoms with Crippen LogP contribution in [0.5, 0.6) is 0 Å². The highest BCUT2D eigenvalue weighted by Gasteiger charge is 2.09. The van der Waals surface area contributed by atoms with Gasteiger partial charge < -0.3 is 0 Å². The second-order valence-electron chi connectivity index (χ2n) is 13.1. The maximum atomic E-state index is 2.33. The summed E-state index contributed by atoms with van der Waals surface area (Å²) < 4.78 is 0. The van der Waals surface area contributed by atoms with Gasteiger partial charge in [0, 0.05) is 0 Å². The number of hydrogen-bond acceptors (Lipinski definition) is 0. The van der Waals surface area contributed by atoms with Gasteiger partial charge in [0.2, 0.25) is 0 Å². The van der Waals surface area contributed by atoms with E-state index in [1.807, 2.05) is 0 Å². The average Bonchev–Trinajstić information content (AvgIpc) is 2.58. The molecule has 0 saturated carbocycles. The molecule has 0 spiro atoms. The maximum Gasteiger partial charge on any atom is -0.0383 e. The van der Waals surface area contributed by atoms with Crippen molar-refractivity contribution in [3.05, 3.63) is 0 Å². The van der Waals surface area contributed by atoms with Crippen LogP contribution in [0.15, 0.2) is 0 Å². The molecule has 32 heavy (non-hydrogen) atoms. The Bertz CT molecular complexity index is 280. The maximum absolute atomic E-state index is 2.33. The SMILES string of the molecule is C.C.CCCCC(C)(C)C.CCCCCCCC(C)(C)C.CCCCCCCC(C)(C)C. The van der Waals surface area contributed by atoms with Gasteiger partial charge >= 0.3 is 0 Å². The second kappa shape index (κ2) is 25.6. The van der Waals surface area contributed by atoms with Crippen LogP contribution in [0.2, 0.25) is 0 Å². The molecule has 0 unspecified atom stereocenters. The Labute approximate surface area is 210 Å². The van der Waals surface area contributed by atoms with Gasteiger partial charge in [-0.2, -0.15) is 0 Å². The molecule has 0 N–H and O–H groups in total. The Morgan fingerprint density at radius 1 is 0.312 bits per heavy atom. The molecule has 202 valence electrons. The van der Waals surface area contributed by atoms with Gasteiger partial charge in [-0.3, -0.25) is 0 Å². The molecule has 0 aromatic rings. The third kappa shape index (κ3) is 57.2. The minimum absolute atomic E-state index is 0. The summed E-state index contributed by atoms with van der Waals surface area (Å²) in [4.78, 5) is 0. The van der Waals surface area contributed by atoms with Gasteiger partial charge in [-0.05, 0) is 35.5 Å². The van der Waals surface area contributed by atoms with Crippen molar-refractivity contribution < 1.29 is 0 Å². The fraction of sp³-hybridized carbons (Fsp3) is 1.00. The zero-order chi connectivity index (χ0) is 24.1. The van der Waals surface area contributed by atoms with Crippen molar-refractivity contribution in [3.63, 3.8) is 0 Å². The first-order valence-electron chi connectivity index (χ1n) is 13.7. The van der Waals surface area contributed by atoms with Crippen LogP contribution < -0.4 is 0 Å². The van der Waals surface area contributed by atoms with E-state index in [2.05, 4.69) is 83.1 Å². The summed E-state index contributed by atoms with van der Waals surface area (Å²) in [6, 6.07) is 0. The smallest absolute Gasteiger partial charge is 0.0383 e. The Kier molecular flexibility index (Phi) is 33.8. The summed E-state index contributed by atoms with van der Waals surface area (Å²) in [5.41, 5.74) is 1.65. The van der Waals surface area contributed by atoms with E-state index in [1.54, 1.807) is 0 Å². The van der Waals surface area contributed by atoms with E-state index in [0.717, 1.165) is 0 Å². The third-order valence-corrected chi connectivity index (χ3v) is 5.34. The molecule has 0 saturated heterocycles.